The molecule has 21 heavy (non-hydrogen) atoms. The second-order valence-corrected chi connectivity index (χ2v) is 5.98. The zero-order valence-electron chi connectivity index (χ0n) is 12.3. The van der Waals surface area contributed by atoms with Gasteiger partial charge in [0.05, 0.1) is 18.9 Å². The number of hydrogen-bond donors (Lipinski definition) is 1. The quantitative estimate of drug-likeness (QED) is 0.924. The third-order valence-electron chi connectivity index (χ3n) is 4.31. The van der Waals surface area contributed by atoms with Crippen LogP contribution in [0.4, 0.5) is 10.1 Å². The van der Waals surface area contributed by atoms with E-state index in [4.69, 9.17) is 15.2 Å². The van der Waals surface area contributed by atoms with Crippen LogP contribution in [0.3, 0.4) is 0 Å². The fourth-order valence-corrected chi connectivity index (χ4v) is 2.90. The summed E-state index contributed by atoms with van der Waals surface area (Å²) < 4.78 is 25.2. The van der Waals surface area contributed by atoms with Gasteiger partial charge in [0.25, 0.3) is 0 Å². The van der Waals surface area contributed by atoms with Gasteiger partial charge in [0, 0.05) is 37.7 Å². The second kappa shape index (κ2) is 6.62. The molecule has 0 saturated carbocycles. The van der Waals surface area contributed by atoms with Crippen LogP contribution in [0.2, 0.25) is 0 Å². The maximum atomic E-state index is 14.3. The molecule has 1 aromatic rings. The first-order chi connectivity index (χ1) is 10.2. The first-order valence-electron chi connectivity index (χ1n) is 7.73. The van der Waals surface area contributed by atoms with Gasteiger partial charge in [-0.25, -0.2) is 4.39 Å². The first kappa shape index (κ1) is 14.6. The van der Waals surface area contributed by atoms with Crippen molar-refractivity contribution in [2.45, 2.75) is 25.3 Å². The zero-order chi connectivity index (χ0) is 14.7. The van der Waals surface area contributed by atoms with Crippen LogP contribution >= 0.6 is 0 Å². The minimum Gasteiger partial charge on any atom is -0.493 e. The van der Waals surface area contributed by atoms with Gasteiger partial charge in [0.2, 0.25) is 0 Å². The lowest BCUT2D eigenvalue weighted by molar-refractivity contribution is 0.167. The summed E-state index contributed by atoms with van der Waals surface area (Å²) in [4.78, 5) is 2.06. The molecule has 0 aromatic heterocycles. The van der Waals surface area contributed by atoms with Crippen LogP contribution in [-0.4, -0.2) is 39.0 Å². The van der Waals surface area contributed by atoms with Gasteiger partial charge in [-0.1, -0.05) is 0 Å². The number of benzene rings is 1. The van der Waals surface area contributed by atoms with Crippen LogP contribution in [0.15, 0.2) is 18.2 Å². The van der Waals surface area contributed by atoms with E-state index in [9.17, 15) is 4.39 Å². The molecule has 5 heteroatoms. The van der Waals surface area contributed by atoms with Gasteiger partial charge in [0.15, 0.2) is 0 Å². The predicted molar refractivity (Wildman–Crippen MR) is 80.2 cm³/mol. The summed E-state index contributed by atoms with van der Waals surface area (Å²) in [6, 6.07) is 5.40. The highest BCUT2D eigenvalue weighted by Gasteiger charge is 2.20. The van der Waals surface area contributed by atoms with Crippen molar-refractivity contribution in [3.63, 3.8) is 0 Å². The normalized spacial score (nSPS) is 23.5. The maximum Gasteiger partial charge on any atom is 0.150 e. The van der Waals surface area contributed by atoms with E-state index < -0.39 is 0 Å². The van der Waals surface area contributed by atoms with Gasteiger partial charge in [0.1, 0.15) is 11.6 Å². The van der Waals surface area contributed by atoms with Gasteiger partial charge in [-0.3, -0.25) is 0 Å². The van der Waals surface area contributed by atoms with Crippen LogP contribution in [0.1, 0.15) is 19.3 Å². The van der Waals surface area contributed by atoms with Crippen LogP contribution < -0.4 is 15.4 Å². The van der Waals surface area contributed by atoms with Crippen LogP contribution in [-0.2, 0) is 4.74 Å². The van der Waals surface area contributed by atoms with Gasteiger partial charge in [-0.2, -0.15) is 0 Å². The number of halogens is 1. The monoisotopic (exact) mass is 294 g/mol. The Morgan fingerprint density at radius 3 is 2.76 bits per heavy atom. The smallest absolute Gasteiger partial charge is 0.150 e. The number of nitrogens with zero attached hydrogens (tertiary/aromatic N) is 1. The van der Waals surface area contributed by atoms with Gasteiger partial charge in [-0.05, 0) is 31.4 Å². The van der Waals surface area contributed by atoms with Crippen molar-refractivity contribution >= 4 is 5.69 Å². The van der Waals surface area contributed by atoms with Crippen LogP contribution in [0.25, 0.3) is 0 Å². The van der Waals surface area contributed by atoms with Crippen molar-refractivity contribution in [3.05, 3.63) is 24.0 Å². The molecular formula is C16H23FN2O2. The minimum absolute atomic E-state index is 0.217. The highest BCUT2D eigenvalue weighted by atomic mass is 19.1. The zero-order valence-corrected chi connectivity index (χ0v) is 12.3. The highest BCUT2D eigenvalue weighted by Crippen LogP contribution is 2.27. The van der Waals surface area contributed by atoms with E-state index in [1.807, 2.05) is 12.1 Å². The van der Waals surface area contributed by atoms with Gasteiger partial charge >= 0.3 is 0 Å². The fraction of sp³-hybridized carbons (Fsp3) is 0.625. The number of rotatable bonds is 4. The minimum atomic E-state index is -0.217. The summed E-state index contributed by atoms with van der Waals surface area (Å²) >= 11 is 0. The number of hydrogen-bond acceptors (Lipinski definition) is 4. The fourth-order valence-electron chi connectivity index (χ4n) is 2.90. The molecule has 2 aliphatic rings. The lowest BCUT2D eigenvalue weighted by Gasteiger charge is -2.32. The molecule has 0 radical (unpaired) electrons. The Kier molecular flexibility index (Phi) is 4.60. The van der Waals surface area contributed by atoms with Crippen molar-refractivity contribution < 1.29 is 13.9 Å². The largest absolute Gasteiger partial charge is 0.493 e. The summed E-state index contributed by atoms with van der Waals surface area (Å²) in [5.74, 6) is 0.804. The Morgan fingerprint density at radius 1 is 1.29 bits per heavy atom. The van der Waals surface area contributed by atoms with E-state index in [1.54, 1.807) is 0 Å². The third-order valence-corrected chi connectivity index (χ3v) is 4.31. The van der Waals surface area contributed by atoms with E-state index in [0.717, 1.165) is 45.6 Å². The predicted octanol–water partition coefficient (Wildman–Crippen LogP) is 2.17. The van der Waals surface area contributed by atoms with E-state index in [0.29, 0.717) is 24.0 Å². The molecule has 2 saturated heterocycles. The molecule has 0 spiro atoms. The molecule has 2 aliphatic heterocycles. The second-order valence-electron chi connectivity index (χ2n) is 5.98. The summed E-state index contributed by atoms with van der Waals surface area (Å²) in [5, 5.41) is 0. The molecular weight excluding hydrogens is 271 g/mol. The number of ether oxygens (including phenoxy) is 2. The standard InChI is InChI=1S/C16H23FN2O2/c17-15-9-14(21-11-12-5-8-20-10-12)1-2-16(15)19-6-3-13(18)4-7-19/h1-2,9,12-13H,3-8,10-11,18H2. The Balaban J connectivity index is 1.59. The molecule has 1 atom stereocenters. The lowest BCUT2D eigenvalue weighted by atomic mass is 10.1. The third kappa shape index (κ3) is 3.66. The topological polar surface area (TPSA) is 47.7 Å². The molecule has 0 aliphatic carbocycles. The Bertz CT molecular complexity index is 469. The molecule has 0 amide bonds. The molecule has 2 heterocycles. The van der Waals surface area contributed by atoms with Crippen molar-refractivity contribution in [2.24, 2.45) is 11.7 Å². The average Bonchev–Trinajstić information content (AvgIpc) is 3.00. The molecule has 3 rings (SSSR count). The molecule has 2 N–H and O–H groups in total. The molecule has 2 fully saturated rings. The van der Waals surface area contributed by atoms with Crippen molar-refractivity contribution in [2.75, 3.05) is 37.8 Å². The number of nitrogens with two attached hydrogens (primary N) is 1. The Morgan fingerprint density at radius 2 is 2.10 bits per heavy atom. The van der Waals surface area contributed by atoms with Crippen molar-refractivity contribution in [1.29, 1.82) is 0 Å². The molecule has 116 valence electrons. The maximum absolute atomic E-state index is 14.3. The summed E-state index contributed by atoms with van der Waals surface area (Å²) in [6.45, 7) is 3.78. The molecule has 4 nitrogen and oxygen atoms in total. The van der Waals surface area contributed by atoms with E-state index in [2.05, 4.69) is 4.90 Å². The Hall–Kier alpha value is -1.33. The average molecular weight is 294 g/mol. The summed E-state index contributed by atoms with van der Waals surface area (Å²) in [5.41, 5.74) is 6.54. The van der Waals surface area contributed by atoms with Crippen molar-refractivity contribution in [3.8, 4) is 5.75 Å². The first-order valence-corrected chi connectivity index (χ1v) is 7.73. The van der Waals surface area contributed by atoms with E-state index >= 15 is 0 Å². The summed E-state index contributed by atoms with van der Waals surface area (Å²) in [6.07, 6.45) is 2.85. The van der Waals surface area contributed by atoms with Gasteiger partial charge < -0.3 is 20.1 Å². The highest BCUT2D eigenvalue weighted by molar-refractivity contribution is 5.51. The van der Waals surface area contributed by atoms with Crippen LogP contribution in [0, 0.1) is 11.7 Å². The van der Waals surface area contributed by atoms with E-state index in [-0.39, 0.29) is 11.9 Å². The summed E-state index contributed by atoms with van der Waals surface area (Å²) in [7, 11) is 0. The van der Waals surface area contributed by atoms with E-state index in [1.165, 1.54) is 6.07 Å². The van der Waals surface area contributed by atoms with Crippen LogP contribution in [0.5, 0.6) is 5.75 Å². The molecule has 1 unspecified atom stereocenters. The lowest BCUT2D eigenvalue weighted by Crippen LogP contribution is -2.40. The number of piperidine rings is 1. The Labute approximate surface area is 125 Å². The SMILES string of the molecule is NC1CCN(c2ccc(OCC3CCOC3)cc2F)CC1. The van der Waals surface area contributed by atoms with Crippen molar-refractivity contribution in [1.82, 2.24) is 0 Å². The van der Waals surface area contributed by atoms with Gasteiger partial charge in [-0.15, -0.1) is 0 Å². The number of anilines is 1. The molecule has 1 aromatic carbocycles. The molecule has 0 bridgehead atoms.